The lowest BCUT2D eigenvalue weighted by molar-refractivity contribution is 0.129. The summed E-state index contributed by atoms with van der Waals surface area (Å²) in [7, 11) is 0. The predicted molar refractivity (Wildman–Crippen MR) is 261 cm³/mol. The molecule has 11 atom stereocenters. The van der Waals surface area contributed by atoms with Crippen LogP contribution in [0.3, 0.4) is 0 Å². The number of hydrogen-bond acceptors (Lipinski definition) is 2. The Hall–Kier alpha value is -5.08. The molecule has 2 nitrogen and oxygen atoms in total. The van der Waals surface area contributed by atoms with Crippen LogP contribution in [0.2, 0.25) is 0 Å². The number of para-hydroxylation sites is 1. The molecule has 2 fully saturated rings. The van der Waals surface area contributed by atoms with Crippen molar-refractivity contribution in [2.45, 2.75) is 96.8 Å². The van der Waals surface area contributed by atoms with Crippen LogP contribution in [0.25, 0.3) is 11.0 Å². The van der Waals surface area contributed by atoms with E-state index >= 15 is 0 Å². The highest BCUT2D eigenvalue weighted by Crippen LogP contribution is 2.74. The third kappa shape index (κ3) is 5.74. The molecule has 1 aromatic heterocycles. The number of allylic oxidation sites excluding steroid dienone is 28. The first kappa shape index (κ1) is 38.4. The Balaban J connectivity index is 0.915. The van der Waals surface area contributed by atoms with Gasteiger partial charge in [0.05, 0.1) is 5.69 Å². The van der Waals surface area contributed by atoms with Crippen LogP contribution < -0.4 is 4.90 Å². The molecule has 1 heterocycles. The molecule has 11 aliphatic carbocycles. The fraction of sp³-hybridized carbons (Fsp3) is 0.410. The van der Waals surface area contributed by atoms with E-state index in [1.165, 1.54) is 71.5 Å². The van der Waals surface area contributed by atoms with E-state index in [0.29, 0.717) is 47.3 Å². The van der Waals surface area contributed by atoms with E-state index in [0.717, 1.165) is 56.4 Å². The summed E-state index contributed by atoms with van der Waals surface area (Å²) in [5, 5.41) is 1.32. The zero-order chi connectivity index (χ0) is 41.9. The second kappa shape index (κ2) is 14.7. The normalized spacial score (nSPS) is 37.7. The Kier molecular flexibility index (Phi) is 8.98. The maximum Gasteiger partial charge on any atom is 0.158 e. The molecular formula is C61H63NO. The maximum atomic E-state index is 7.25. The van der Waals surface area contributed by atoms with Crippen molar-refractivity contribution in [3.05, 3.63) is 196 Å². The van der Waals surface area contributed by atoms with Gasteiger partial charge < -0.3 is 9.32 Å². The minimum atomic E-state index is -0.0115. The Morgan fingerprint density at radius 3 is 2.60 bits per heavy atom. The first-order valence-electron chi connectivity index (χ1n) is 25.0. The van der Waals surface area contributed by atoms with Gasteiger partial charge in [0.2, 0.25) is 0 Å². The van der Waals surface area contributed by atoms with Crippen LogP contribution in [0.4, 0.5) is 5.69 Å². The summed E-state index contributed by atoms with van der Waals surface area (Å²) in [5.74, 6) is 6.44. The lowest BCUT2D eigenvalue weighted by Gasteiger charge is -2.46. The highest BCUT2D eigenvalue weighted by atomic mass is 16.3. The molecule has 11 unspecified atom stereocenters. The maximum absolute atomic E-state index is 7.25. The van der Waals surface area contributed by atoms with Crippen LogP contribution in [-0.2, 0) is 6.42 Å². The van der Waals surface area contributed by atoms with Crippen molar-refractivity contribution in [3.8, 4) is 0 Å². The molecule has 0 saturated heterocycles. The summed E-state index contributed by atoms with van der Waals surface area (Å²) in [5.41, 5.74) is 14.6. The van der Waals surface area contributed by atoms with E-state index < -0.39 is 0 Å². The lowest BCUT2D eigenvalue weighted by atomic mass is 9.57. The summed E-state index contributed by atoms with van der Waals surface area (Å²) in [6, 6.07) is 6.98. The van der Waals surface area contributed by atoms with Crippen LogP contribution in [0, 0.1) is 58.2 Å². The molecule has 318 valence electrons. The van der Waals surface area contributed by atoms with Crippen molar-refractivity contribution in [1.82, 2.24) is 0 Å². The van der Waals surface area contributed by atoms with Gasteiger partial charge in [-0.3, -0.25) is 0 Å². The highest BCUT2D eigenvalue weighted by Gasteiger charge is 2.68. The van der Waals surface area contributed by atoms with Crippen LogP contribution in [0.5, 0.6) is 0 Å². The molecule has 13 rings (SSSR count). The molecule has 11 aliphatic rings. The van der Waals surface area contributed by atoms with Crippen LogP contribution >= 0.6 is 0 Å². The monoisotopic (exact) mass is 825 g/mol. The zero-order valence-corrected chi connectivity index (χ0v) is 37.4. The van der Waals surface area contributed by atoms with Crippen molar-refractivity contribution < 1.29 is 4.42 Å². The van der Waals surface area contributed by atoms with E-state index in [2.05, 4.69) is 165 Å². The molecule has 0 radical (unpaired) electrons. The molecule has 0 N–H and O–H groups in total. The van der Waals surface area contributed by atoms with Gasteiger partial charge in [0.25, 0.3) is 0 Å². The van der Waals surface area contributed by atoms with Crippen molar-refractivity contribution in [2.75, 3.05) is 4.90 Å². The number of benzene rings is 1. The SMILES string of the molecule is CC1C=CC2C(C1)C1C=CCCC1C21C2=CC(C)(C3=CC=C(N(C4=CC=C5C=CC=CC5C4)c4cccc5c6c(oc45)C(C4=CC=CCC4)CCC6)CC3)CC=C2C2C=CC=CC21. The number of hydrogen-bond donors (Lipinski definition) is 0. The molecule has 2 heteroatoms. The minimum Gasteiger partial charge on any atom is -0.458 e. The number of aryl methyl sites for hydroxylation is 1. The first-order valence-corrected chi connectivity index (χ1v) is 25.0. The van der Waals surface area contributed by atoms with Crippen molar-refractivity contribution in [3.63, 3.8) is 0 Å². The Labute approximate surface area is 375 Å². The van der Waals surface area contributed by atoms with E-state index in [4.69, 9.17) is 4.42 Å². The van der Waals surface area contributed by atoms with Gasteiger partial charge in [-0.2, -0.15) is 0 Å². The standard InChI is InChI=1S/C61H63NO/c1-39-26-33-55-52(36-39)48-19-9-11-24-54(48)61(55)53-23-10-8-18-47(53)49-34-35-60(2,38-56(49)61)43-28-31-44(32-29-43)62(45-30-27-40-14-6-7-17-42(40)37-45)57-25-13-22-51-50-21-12-20-46(58(50)63-59(51)57)41-15-4-3-5-16-41/h3-4,6-10,13-15,17-19,22-23,25-28,30-31,33-34,38-39,42,46-48,52-55H,5,11-12,16,20-21,24,29,32,35-37H2,1-2H3. The fourth-order valence-electron chi connectivity index (χ4n) is 15.5. The average molecular weight is 826 g/mol. The second-order valence-electron chi connectivity index (χ2n) is 21.4. The highest BCUT2D eigenvalue weighted by molar-refractivity contribution is 5.95. The molecule has 1 aromatic carbocycles. The van der Waals surface area contributed by atoms with Crippen molar-refractivity contribution >= 4 is 16.7 Å². The Morgan fingerprint density at radius 2 is 1.70 bits per heavy atom. The van der Waals surface area contributed by atoms with Gasteiger partial charge in [-0.1, -0.05) is 153 Å². The fourth-order valence-corrected chi connectivity index (χ4v) is 15.5. The number of fused-ring (bicyclic) bond motifs is 14. The van der Waals surface area contributed by atoms with Crippen LogP contribution in [0.1, 0.15) is 102 Å². The van der Waals surface area contributed by atoms with Gasteiger partial charge in [0, 0.05) is 50.9 Å². The largest absolute Gasteiger partial charge is 0.458 e. The first-order chi connectivity index (χ1) is 31.0. The summed E-state index contributed by atoms with van der Waals surface area (Å²) in [4.78, 5) is 2.63. The third-order valence-electron chi connectivity index (χ3n) is 18.2. The molecule has 2 saturated carbocycles. The van der Waals surface area contributed by atoms with E-state index in [9.17, 15) is 0 Å². The third-order valence-corrected chi connectivity index (χ3v) is 18.2. The number of nitrogens with zero attached hydrogens (tertiary/aromatic N) is 1. The molecule has 0 aliphatic heterocycles. The van der Waals surface area contributed by atoms with Gasteiger partial charge in [-0.05, 0) is 147 Å². The van der Waals surface area contributed by atoms with Gasteiger partial charge >= 0.3 is 0 Å². The van der Waals surface area contributed by atoms with E-state index in [1.54, 1.807) is 22.3 Å². The minimum absolute atomic E-state index is 0.0115. The summed E-state index contributed by atoms with van der Waals surface area (Å²) >= 11 is 0. The molecule has 0 bridgehead atoms. The smallest absolute Gasteiger partial charge is 0.158 e. The quantitative estimate of drug-likeness (QED) is 0.279. The number of furan rings is 1. The summed E-state index contributed by atoms with van der Waals surface area (Å²) in [6.45, 7) is 5.04. The summed E-state index contributed by atoms with van der Waals surface area (Å²) in [6.07, 6.45) is 65.8. The van der Waals surface area contributed by atoms with Crippen LogP contribution in [0.15, 0.2) is 189 Å². The molecule has 0 amide bonds. The molecule has 2 aromatic rings. The molecule has 63 heavy (non-hydrogen) atoms. The predicted octanol–water partition coefficient (Wildman–Crippen LogP) is 15.5. The van der Waals surface area contributed by atoms with Gasteiger partial charge in [-0.25, -0.2) is 0 Å². The Morgan fingerprint density at radius 1 is 0.778 bits per heavy atom. The van der Waals surface area contributed by atoms with Gasteiger partial charge in [-0.15, -0.1) is 0 Å². The van der Waals surface area contributed by atoms with Crippen LogP contribution in [-0.4, -0.2) is 0 Å². The topological polar surface area (TPSA) is 16.4 Å². The van der Waals surface area contributed by atoms with Crippen molar-refractivity contribution in [2.24, 2.45) is 58.2 Å². The van der Waals surface area contributed by atoms with Gasteiger partial charge in [0.15, 0.2) is 5.58 Å². The molecule has 1 spiro atoms. The second-order valence-corrected chi connectivity index (χ2v) is 21.4. The Bertz CT molecular complexity index is 2730. The lowest BCUT2D eigenvalue weighted by Crippen LogP contribution is -2.41. The number of rotatable bonds is 5. The molecular weight excluding hydrogens is 763 g/mol. The average Bonchev–Trinajstić information content (AvgIpc) is 3.96. The van der Waals surface area contributed by atoms with Gasteiger partial charge in [0.1, 0.15) is 5.76 Å². The zero-order valence-electron chi connectivity index (χ0n) is 37.4. The van der Waals surface area contributed by atoms with E-state index in [-0.39, 0.29) is 10.8 Å². The van der Waals surface area contributed by atoms with E-state index in [1.807, 2.05) is 0 Å². The number of anilines is 1. The summed E-state index contributed by atoms with van der Waals surface area (Å²) < 4.78 is 7.25. The van der Waals surface area contributed by atoms with Crippen molar-refractivity contribution in [1.29, 1.82) is 0 Å².